The summed E-state index contributed by atoms with van der Waals surface area (Å²) < 4.78 is 1.40. The largest absolute Gasteiger partial charge is 0.344 e. The highest BCUT2D eigenvalue weighted by molar-refractivity contribution is 5.76. The summed E-state index contributed by atoms with van der Waals surface area (Å²) in [4.78, 5) is 12.9. The first-order chi connectivity index (χ1) is 5.52. The van der Waals surface area contributed by atoms with E-state index in [9.17, 15) is 4.79 Å². The van der Waals surface area contributed by atoms with E-state index in [1.54, 1.807) is 14.1 Å². The summed E-state index contributed by atoms with van der Waals surface area (Å²) in [7, 11) is 3.41. The monoisotopic (exact) mass is 167 g/mol. The van der Waals surface area contributed by atoms with Gasteiger partial charge in [0.15, 0.2) is 0 Å². The van der Waals surface area contributed by atoms with Gasteiger partial charge in [0.25, 0.3) is 0 Å². The average Bonchev–Trinajstić information content (AvgIpc) is 2.28. The molecule has 4 nitrogen and oxygen atoms in total. The van der Waals surface area contributed by atoms with E-state index in [4.69, 9.17) is 0 Å². The van der Waals surface area contributed by atoms with Crippen LogP contribution in [0.1, 0.15) is 11.4 Å². The van der Waals surface area contributed by atoms with Gasteiger partial charge in [-0.15, -0.1) is 0 Å². The van der Waals surface area contributed by atoms with Crippen LogP contribution in [0.4, 0.5) is 4.79 Å². The fourth-order valence-electron chi connectivity index (χ4n) is 1.01. The van der Waals surface area contributed by atoms with Crippen molar-refractivity contribution in [2.75, 3.05) is 14.1 Å². The maximum atomic E-state index is 11.4. The number of carbonyl (C=O) groups is 1. The average molecular weight is 167 g/mol. The van der Waals surface area contributed by atoms with Crippen molar-refractivity contribution in [1.29, 1.82) is 0 Å². The first kappa shape index (κ1) is 8.77. The van der Waals surface area contributed by atoms with Crippen molar-refractivity contribution in [3.8, 4) is 0 Å². The summed E-state index contributed by atoms with van der Waals surface area (Å²) in [6, 6.07) is 1.77. The van der Waals surface area contributed by atoms with Gasteiger partial charge in [0, 0.05) is 19.8 Å². The minimum Gasteiger partial charge on any atom is -0.329 e. The Morgan fingerprint density at radius 3 is 2.42 bits per heavy atom. The third-order valence-electron chi connectivity index (χ3n) is 1.57. The van der Waals surface area contributed by atoms with Crippen LogP contribution in [0.3, 0.4) is 0 Å². The molecule has 0 aliphatic carbocycles. The highest BCUT2D eigenvalue weighted by Gasteiger charge is 2.10. The minimum atomic E-state index is -0.111. The zero-order valence-electron chi connectivity index (χ0n) is 7.83. The van der Waals surface area contributed by atoms with E-state index in [1.807, 2.05) is 19.9 Å². The van der Waals surface area contributed by atoms with Crippen molar-refractivity contribution in [2.45, 2.75) is 13.8 Å². The number of hydrogen-bond donors (Lipinski definition) is 0. The first-order valence-electron chi connectivity index (χ1n) is 3.77. The van der Waals surface area contributed by atoms with Gasteiger partial charge in [0.1, 0.15) is 0 Å². The smallest absolute Gasteiger partial charge is 0.329 e. The summed E-state index contributed by atoms with van der Waals surface area (Å²) >= 11 is 0. The molecule has 12 heavy (non-hydrogen) atoms. The standard InChI is InChI=1S/C8H13N3O/c1-6-5-7(2)11(9-6)8(12)10(3)4/h5H,1-4H3. The molecule has 0 unspecified atom stereocenters. The van der Waals surface area contributed by atoms with Crippen molar-refractivity contribution < 1.29 is 4.79 Å². The van der Waals surface area contributed by atoms with Crippen molar-refractivity contribution in [3.63, 3.8) is 0 Å². The molecule has 0 fully saturated rings. The SMILES string of the molecule is Cc1cc(C)n(C(=O)N(C)C)n1. The Hall–Kier alpha value is -1.32. The first-order valence-corrected chi connectivity index (χ1v) is 3.77. The van der Waals surface area contributed by atoms with Crippen LogP contribution in [0.25, 0.3) is 0 Å². The number of hydrogen-bond acceptors (Lipinski definition) is 2. The highest BCUT2D eigenvalue weighted by Crippen LogP contribution is 2.02. The van der Waals surface area contributed by atoms with E-state index in [1.165, 1.54) is 9.58 Å². The second-order valence-electron chi connectivity index (χ2n) is 3.02. The number of rotatable bonds is 0. The van der Waals surface area contributed by atoms with Crippen LogP contribution in [0, 0.1) is 13.8 Å². The van der Waals surface area contributed by atoms with Crippen LogP contribution in [0.5, 0.6) is 0 Å². The second kappa shape index (κ2) is 2.97. The lowest BCUT2D eigenvalue weighted by Crippen LogP contribution is -2.28. The second-order valence-corrected chi connectivity index (χ2v) is 3.02. The molecule has 0 N–H and O–H groups in total. The molecular weight excluding hydrogens is 154 g/mol. The van der Waals surface area contributed by atoms with E-state index >= 15 is 0 Å². The van der Waals surface area contributed by atoms with Gasteiger partial charge in [0.2, 0.25) is 0 Å². The molecule has 0 aliphatic heterocycles. The molecule has 0 radical (unpaired) electrons. The van der Waals surface area contributed by atoms with Gasteiger partial charge < -0.3 is 4.90 Å². The van der Waals surface area contributed by atoms with Crippen LogP contribution < -0.4 is 0 Å². The van der Waals surface area contributed by atoms with E-state index in [0.29, 0.717) is 0 Å². The number of aromatic nitrogens is 2. The molecule has 0 aliphatic rings. The molecule has 1 heterocycles. The van der Waals surface area contributed by atoms with Crippen molar-refractivity contribution in [2.24, 2.45) is 0 Å². The van der Waals surface area contributed by atoms with E-state index in [-0.39, 0.29) is 6.03 Å². The molecule has 66 valence electrons. The third-order valence-corrected chi connectivity index (χ3v) is 1.57. The van der Waals surface area contributed by atoms with Crippen LogP contribution >= 0.6 is 0 Å². The highest BCUT2D eigenvalue weighted by atomic mass is 16.2. The Balaban J connectivity index is 3.02. The molecule has 4 heteroatoms. The predicted molar refractivity (Wildman–Crippen MR) is 46.2 cm³/mol. The van der Waals surface area contributed by atoms with Gasteiger partial charge in [0.05, 0.1) is 5.69 Å². The molecule has 0 atom stereocenters. The molecular formula is C8H13N3O. The molecule has 0 spiro atoms. The van der Waals surface area contributed by atoms with Gasteiger partial charge in [-0.05, 0) is 19.9 Å². The van der Waals surface area contributed by atoms with Crippen LogP contribution in [-0.4, -0.2) is 34.8 Å². The lowest BCUT2D eigenvalue weighted by Gasteiger charge is -2.10. The molecule has 0 aromatic carbocycles. The van der Waals surface area contributed by atoms with Crippen molar-refractivity contribution in [1.82, 2.24) is 14.7 Å². The fourth-order valence-corrected chi connectivity index (χ4v) is 1.01. The normalized spacial score (nSPS) is 10.0. The summed E-state index contributed by atoms with van der Waals surface area (Å²) in [6.45, 7) is 3.73. The fraction of sp³-hybridized carbons (Fsp3) is 0.500. The van der Waals surface area contributed by atoms with Crippen LogP contribution in [0.2, 0.25) is 0 Å². The van der Waals surface area contributed by atoms with Crippen molar-refractivity contribution >= 4 is 6.03 Å². The van der Waals surface area contributed by atoms with Crippen LogP contribution in [0.15, 0.2) is 6.07 Å². The summed E-state index contributed by atoms with van der Waals surface area (Å²) in [5.41, 5.74) is 1.73. The number of nitrogens with zero attached hydrogens (tertiary/aromatic N) is 3. The number of aryl methyl sites for hydroxylation is 2. The van der Waals surface area contributed by atoms with E-state index in [2.05, 4.69) is 5.10 Å². The van der Waals surface area contributed by atoms with Gasteiger partial charge in [-0.3, -0.25) is 0 Å². The molecule has 1 amide bonds. The molecule has 0 saturated heterocycles. The summed E-state index contributed by atoms with van der Waals surface area (Å²) in [5.74, 6) is 0. The van der Waals surface area contributed by atoms with Gasteiger partial charge in [-0.2, -0.15) is 9.78 Å². The lowest BCUT2D eigenvalue weighted by molar-refractivity contribution is 0.215. The maximum Gasteiger partial charge on any atom is 0.344 e. The summed E-state index contributed by atoms with van der Waals surface area (Å²) in [6.07, 6.45) is 0. The Morgan fingerprint density at radius 2 is 2.08 bits per heavy atom. The maximum absolute atomic E-state index is 11.4. The third kappa shape index (κ3) is 1.47. The van der Waals surface area contributed by atoms with E-state index < -0.39 is 0 Å². The molecule has 1 rings (SSSR count). The lowest BCUT2D eigenvalue weighted by atomic mass is 10.4. The Morgan fingerprint density at radius 1 is 1.50 bits per heavy atom. The molecule has 1 aromatic heterocycles. The van der Waals surface area contributed by atoms with E-state index in [0.717, 1.165) is 11.4 Å². The topological polar surface area (TPSA) is 38.1 Å². The quantitative estimate of drug-likeness (QED) is 0.578. The minimum absolute atomic E-state index is 0.111. The Bertz CT molecular complexity index is 301. The predicted octanol–water partition coefficient (Wildman–Crippen LogP) is 1.03. The summed E-state index contributed by atoms with van der Waals surface area (Å²) in [5, 5.41) is 4.06. The number of carbonyl (C=O) groups excluding carboxylic acids is 1. The Kier molecular flexibility index (Phi) is 2.17. The van der Waals surface area contributed by atoms with Gasteiger partial charge >= 0.3 is 6.03 Å². The zero-order valence-corrected chi connectivity index (χ0v) is 7.83. The van der Waals surface area contributed by atoms with Crippen LogP contribution in [-0.2, 0) is 0 Å². The number of amides is 1. The molecule has 0 saturated carbocycles. The molecule has 0 bridgehead atoms. The van der Waals surface area contributed by atoms with Crippen molar-refractivity contribution in [3.05, 3.63) is 17.5 Å². The Labute approximate surface area is 71.8 Å². The van der Waals surface area contributed by atoms with Gasteiger partial charge in [-0.1, -0.05) is 0 Å². The molecule has 1 aromatic rings. The zero-order chi connectivity index (χ0) is 9.30. The van der Waals surface area contributed by atoms with Gasteiger partial charge in [-0.25, -0.2) is 4.79 Å².